The lowest BCUT2D eigenvalue weighted by Gasteiger charge is -2.10. The molecule has 0 unspecified atom stereocenters. The number of aryl methyl sites for hydroxylation is 4. The van der Waals surface area contributed by atoms with E-state index in [4.69, 9.17) is 0 Å². The molecule has 1 heterocycles. The standard InChI is InChI=1S/C22H23N5O4S/c1-13-5-6-17(11-14(13)2)20(28)26-22(29)25-18-7-9-19(10-8-18)32(30,31)27-21-23-15(3)12-16(4)24-21/h5-12H,1-4H3,(H,23,24,27)(H2,25,26,28,29). The first-order valence-electron chi connectivity index (χ1n) is 9.68. The summed E-state index contributed by atoms with van der Waals surface area (Å²) in [6.45, 7) is 7.28. The van der Waals surface area contributed by atoms with E-state index in [9.17, 15) is 18.0 Å². The minimum atomic E-state index is -3.91. The number of nitrogens with one attached hydrogen (secondary N) is 3. The Hall–Kier alpha value is -3.79. The van der Waals surface area contributed by atoms with E-state index in [0.29, 0.717) is 22.6 Å². The highest BCUT2D eigenvalue weighted by atomic mass is 32.2. The Morgan fingerprint density at radius 2 is 1.44 bits per heavy atom. The molecule has 1 aromatic heterocycles. The molecule has 3 aromatic rings. The lowest BCUT2D eigenvalue weighted by Crippen LogP contribution is -2.34. The number of aromatic nitrogens is 2. The van der Waals surface area contributed by atoms with Crippen molar-refractivity contribution < 1.29 is 18.0 Å². The second-order valence-electron chi connectivity index (χ2n) is 7.31. The summed E-state index contributed by atoms with van der Waals surface area (Å²) in [4.78, 5) is 32.5. The van der Waals surface area contributed by atoms with Crippen molar-refractivity contribution in [3.05, 3.63) is 76.6 Å². The second kappa shape index (κ2) is 9.15. The summed E-state index contributed by atoms with van der Waals surface area (Å²) >= 11 is 0. The van der Waals surface area contributed by atoms with Crippen molar-refractivity contribution in [3.8, 4) is 0 Å². The van der Waals surface area contributed by atoms with Gasteiger partial charge in [-0.3, -0.25) is 10.1 Å². The number of hydrogen-bond donors (Lipinski definition) is 3. The van der Waals surface area contributed by atoms with Gasteiger partial charge in [0.2, 0.25) is 5.95 Å². The number of urea groups is 1. The van der Waals surface area contributed by atoms with Gasteiger partial charge in [0, 0.05) is 22.6 Å². The fraction of sp³-hybridized carbons (Fsp3) is 0.182. The predicted octanol–water partition coefficient (Wildman–Crippen LogP) is 3.47. The molecule has 0 fully saturated rings. The molecule has 0 radical (unpaired) electrons. The zero-order valence-electron chi connectivity index (χ0n) is 18.1. The van der Waals surface area contributed by atoms with Gasteiger partial charge in [0.05, 0.1) is 4.90 Å². The van der Waals surface area contributed by atoms with Gasteiger partial charge in [-0.15, -0.1) is 0 Å². The molecule has 9 nitrogen and oxygen atoms in total. The number of imide groups is 1. The minimum absolute atomic E-state index is 0.0195. The van der Waals surface area contributed by atoms with Crippen LogP contribution in [0, 0.1) is 27.7 Å². The molecule has 0 aliphatic carbocycles. The molecule has 0 aliphatic rings. The number of sulfonamides is 1. The third-order valence-electron chi connectivity index (χ3n) is 4.63. The van der Waals surface area contributed by atoms with Crippen molar-refractivity contribution >= 4 is 33.6 Å². The van der Waals surface area contributed by atoms with Crippen LogP contribution < -0.4 is 15.4 Å². The number of carbonyl (C=O) groups is 2. The molecule has 0 spiro atoms. The lowest BCUT2D eigenvalue weighted by molar-refractivity contribution is 0.0967. The third-order valence-corrected chi connectivity index (χ3v) is 5.97. The Morgan fingerprint density at radius 1 is 0.812 bits per heavy atom. The van der Waals surface area contributed by atoms with Gasteiger partial charge in [-0.2, -0.15) is 0 Å². The van der Waals surface area contributed by atoms with Gasteiger partial charge in [0.25, 0.3) is 15.9 Å². The number of amides is 3. The van der Waals surface area contributed by atoms with Crippen LogP contribution in [0.1, 0.15) is 32.9 Å². The van der Waals surface area contributed by atoms with Gasteiger partial charge < -0.3 is 5.32 Å². The summed E-state index contributed by atoms with van der Waals surface area (Å²) in [5, 5.41) is 4.74. The van der Waals surface area contributed by atoms with E-state index in [1.165, 1.54) is 24.3 Å². The number of carbonyl (C=O) groups excluding carboxylic acids is 2. The molecule has 3 N–H and O–H groups in total. The third kappa shape index (κ3) is 5.67. The van der Waals surface area contributed by atoms with Crippen LogP contribution in [0.15, 0.2) is 53.4 Å². The molecular weight excluding hydrogens is 430 g/mol. The highest BCUT2D eigenvalue weighted by molar-refractivity contribution is 7.92. The van der Waals surface area contributed by atoms with Gasteiger partial charge in [-0.05, 0) is 81.3 Å². The van der Waals surface area contributed by atoms with Crippen LogP contribution in [0.4, 0.5) is 16.4 Å². The van der Waals surface area contributed by atoms with Crippen molar-refractivity contribution in [2.45, 2.75) is 32.6 Å². The van der Waals surface area contributed by atoms with E-state index in [-0.39, 0.29) is 10.8 Å². The summed E-state index contributed by atoms with van der Waals surface area (Å²) in [5.74, 6) is -0.559. The van der Waals surface area contributed by atoms with Crippen LogP contribution in [-0.2, 0) is 10.0 Å². The zero-order chi connectivity index (χ0) is 23.5. The zero-order valence-corrected chi connectivity index (χ0v) is 18.9. The molecule has 0 bridgehead atoms. The Balaban J connectivity index is 1.65. The van der Waals surface area contributed by atoms with Crippen molar-refractivity contribution in [1.82, 2.24) is 15.3 Å². The molecule has 0 atom stereocenters. The maximum absolute atomic E-state index is 12.6. The molecule has 166 valence electrons. The fourth-order valence-electron chi connectivity index (χ4n) is 2.89. The number of benzene rings is 2. The molecule has 0 saturated heterocycles. The van der Waals surface area contributed by atoms with Crippen LogP contribution in [-0.4, -0.2) is 30.3 Å². The van der Waals surface area contributed by atoms with Crippen LogP contribution in [0.2, 0.25) is 0 Å². The predicted molar refractivity (Wildman–Crippen MR) is 121 cm³/mol. The highest BCUT2D eigenvalue weighted by Gasteiger charge is 2.17. The highest BCUT2D eigenvalue weighted by Crippen LogP contribution is 2.17. The second-order valence-corrected chi connectivity index (χ2v) is 8.99. The average molecular weight is 454 g/mol. The van der Waals surface area contributed by atoms with Gasteiger partial charge in [-0.25, -0.2) is 27.9 Å². The van der Waals surface area contributed by atoms with E-state index in [1.54, 1.807) is 38.1 Å². The van der Waals surface area contributed by atoms with Gasteiger partial charge in [0.15, 0.2) is 0 Å². The Bertz CT molecular complexity index is 1270. The van der Waals surface area contributed by atoms with Crippen molar-refractivity contribution in [2.24, 2.45) is 0 Å². The molecule has 32 heavy (non-hydrogen) atoms. The molecule has 10 heteroatoms. The smallest absolute Gasteiger partial charge is 0.308 e. The molecule has 0 saturated carbocycles. The maximum Gasteiger partial charge on any atom is 0.326 e. The summed E-state index contributed by atoms with van der Waals surface area (Å²) in [7, 11) is -3.91. The summed E-state index contributed by atoms with van der Waals surface area (Å²) in [6, 6.07) is 11.6. The van der Waals surface area contributed by atoms with E-state index >= 15 is 0 Å². The summed E-state index contributed by atoms with van der Waals surface area (Å²) < 4.78 is 27.5. The normalized spacial score (nSPS) is 11.0. The molecule has 0 aliphatic heterocycles. The van der Waals surface area contributed by atoms with E-state index in [1.807, 2.05) is 13.8 Å². The van der Waals surface area contributed by atoms with Crippen LogP contribution in [0.3, 0.4) is 0 Å². The molecule has 3 rings (SSSR count). The van der Waals surface area contributed by atoms with Gasteiger partial charge in [0.1, 0.15) is 0 Å². The number of anilines is 2. The number of hydrogen-bond acceptors (Lipinski definition) is 6. The number of nitrogens with zero attached hydrogens (tertiary/aromatic N) is 2. The monoisotopic (exact) mass is 453 g/mol. The topological polar surface area (TPSA) is 130 Å². The molecule has 2 aromatic carbocycles. The molecule has 3 amide bonds. The number of rotatable bonds is 5. The van der Waals surface area contributed by atoms with Crippen LogP contribution in [0.25, 0.3) is 0 Å². The van der Waals surface area contributed by atoms with E-state index < -0.39 is 22.0 Å². The Labute approximate surface area is 186 Å². The van der Waals surface area contributed by atoms with E-state index in [2.05, 4.69) is 25.3 Å². The summed E-state index contributed by atoms with van der Waals surface area (Å²) in [5.41, 5.74) is 3.93. The van der Waals surface area contributed by atoms with Crippen molar-refractivity contribution in [3.63, 3.8) is 0 Å². The summed E-state index contributed by atoms with van der Waals surface area (Å²) in [6.07, 6.45) is 0. The van der Waals surface area contributed by atoms with Crippen molar-refractivity contribution in [2.75, 3.05) is 10.0 Å². The SMILES string of the molecule is Cc1cc(C)nc(NS(=O)(=O)c2ccc(NC(=O)NC(=O)c3ccc(C)c(C)c3)cc2)n1. The van der Waals surface area contributed by atoms with Crippen LogP contribution >= 0.6 is 0 Å². The Morgan fingerprint density at radius 3 is 2.03 bits per heavy atom. The molecular formula is C22H23N5O4S. The first-order valence-corrected chi connectivity index (χ1v) is 11.2. The Kier molecular flexibility index (Phi) is 6.54. The first kappa shape index (κ1) is 22.9. The quantitative estimate of drug-likeness (QED) is 0.542. The fourth-order valence-corrected chi connectivity index (χ4v) is 3.83. The largest absolute Gasteiger partial charge is 0.326 e. The van der Waals surface area contributed by atoms with Crippen molar-refractivity contribution in [1.29, 1.82) is 0 Å². The van der Waals surface area contributed by atoms with Crippen LogP contribution in [0.5, 0.6) is 0 Å². The average Bonchev–Trinajstić information content (AvgIpc) is 2.69. The maximum atomic E-state index is 12.6. The first-order chi connectivity index (χ1) is 15.0. The minimum Gasteiger partial charge on any atom is -0.308 e. The van der Waals surface area contributed by atoms with Gasteiger partial charge >= 0.3 is 6.03 Å². The van der Waals surface area contributed by atoms with E-state index in [0.717, 1.165) is 11.1 Å². The van der Waals surface area contributed by atoms with Gasteiger partial charge in [-0.1, -0.05) is 6.07 Å². The lowest BCUT2D eigenvalue weighted by atomic mass is 10.1.